The fraction of sp³-hybridized carbons (Fsp3) is 0.692. The Kier molecular flexibility index (Phi) is 4.27. The third-order valence-electron chi connectivity index (χ3n) is 3.14. The summed E-state index contributed by atoms with van der Waals surface area (Å²) in [6, 6.07) is 0. The molecule has 0 saturated carbocycles. The highest BCUT2D eigenvalue weighted by atomic mass is 16.5. The number of carbonyl (C=O) groups excluding carboxylic acids is 2. The van der Waals surface area contributed by atoms with Gasteiger partial charge in [-0.15, -0.1) is 0 Å². The van der Waals surface area contributed by atoms with Crippen LogP contribution in [0.2, 0.25) is 0 Å². The Balaban J connectivity index is 2.95. The molecule has 0 aromatic carbocycles. The topological polar surface area (TPSA) is 43.4 Å². The van der Waals surface area contributed by atoms with Crippen LogP contribution in [0.4, 0.5) is 0 Å². The fourth-order valence-electron chi connectivity index (χ4n) is 2.30. The summed E-state index contributed by atoms with van der Waals surface area (Å²) in [5.41, 5.74) is 0.841. The first-order valence-electron chi connectivity index (χ1n) is 5.85. The molecule has 1 aliphatic rings. The third kappa shape index (κ3) is 2.71. The van der Waals surface area contributed by atoms with E-state index in [2.05, 4.69) is 0 Å². The maximum atomic E-state index is 11.9. The van der Waals surface area contributed by atoms with E-state index in [1.807, 2.05) is 20.8 Å². The van der Waals surface area contributed by atoms with Crippen LogP contribution in [-0.2, 0) is 14.3 Å². The third-order valence-corrected chi connectivity index (χ3v) is 3.14. The van der Waals surface area contributed by atoms with Crippen LogP contribution in [0.15, 0.2) is 11.6 Å². The minimum atomic E-state index is -0.238. The van der Waals surface area contributed by atoms with E-state index in [-0.39, 0.29) is 23.6 Å². The second-order valence-corrected chi connectivity index (χ2v) is 4.70. The Hall–Kier alpha value is -1.12. The highest BCUT2D eigenvalue weighted by Crippen LogP contribution is 2.34. The molecule has 0 aliphatic heterocycles. The van der Waals surface area contributed by atoms with Crippen molar-refractivity contribution in [3.63, 3.8) is 0 Å². The monoisotopic (exact) mass is 224 g/mol. The quantitative estimate of drug-likeness (QED) is 0.691. The lowest BCUT2D eigenvalue weighted by atomic mass is 9.73. The van der Waals surface area contributed by atoms with Gasteiger partial charge in [-0.3, -0.25) is 9.59 Å². The van der Waals surface area contributed by atoms with Gasteiger partial charge in [-0.1, -0.05) is 19.4 Å². The SMILES string of the molecule is CCOC(=O)[C@H]1C(C)=CC(=O)C[C@H]1C(C)C. The van der Waals surface area contributed by atoms with Gasteiger partial charge < -0.3 is 4.74 Å². The van der Waals surface area contributed by atoms with Gasteiger partial charge in [0.15, 0.2) is 5.78 Å². The van der Waals surface area contributed by atoms with Crippen molar-refractivity contribution in [3.8, 4) is 0 Å². The van der Waals surface area contributed by atoms with Gasteiger partial charge in [0.1, 0.15) is 0 Å². The van der Waals surface area contributed by atoms with Crippen molar-refractivity contribution in [2.75, 3.05) is 6.61 Å². The smallest absolute Gasteiger partial charge is 0.313 e. The molecule has 90 valence electrons. The molecule has 0 saturated heterocycles. The van der Waals surface area contributed by atoms with Crippen LogP contribution >= 0.6 is 0 Å². The number of ketones is 1. The molecule has 0 aromatic rings. The summed E-state index contributed by atoms with van der Waals surface area (Å²) in [6.45, 7) is 8.12. The normalized spacial score (nSPS) is 25.6. The zero-order chi connectivity index (χ0) is 12.3. The van der Waals surface area contributed by atoms with E-state index < -0.39 is 0 Å². The van der Waals surface area contributed by atoms with E-state index in [4.69, 9.17) is 4.74 Å². The first kappa shape index (κ1) is 12.9. The van der Waals surface area contributed by atoms with Crippen LogP contribution < -0.4 is 0 Å². The van der Waals surface area contributed by atoms with Gasteiger partial charge in [0.2, 0.25) is 0 Å². The molecule has 16 heavy (non-hydrogen) atoms. The molecular formula is C13H20O3. The van der Waals surface area contributed by atoms with Crippen LogP contribution in [-0.4, -0.2) is 18.4 Å². The summed E-state index contributed by atoms with van der Waals surface area (Å²) in [5, 5.41) is 0. The molecule has 0 unspecified atom stereocenters. The number of hydrogen-bond acceptors (Lipinski definition) is 3. The van der Waals surface area contributed by atoms with E-state index in [0.29, 0.717) is 18.9 Å². The minimum absolute atomic E-state index is 0.0801. The van der Waals surface area contributed by atoms with Gasteiger partial charge in [-0.2, -0.15) is 0 Å². The number of rotatable bonds is 3. The van der Waals surface area contributed by atoms with Gasteiger partial charge >= 0.3 is 5.97 Å². The lowest BCUT2D eigenvalue weighted by molar-refractivity contribution is -0.149. The second-order valence-electron chi connectivity index (χ2n) is 4.70. The maximum absolute atomic E-state index is 11.9. The number of ether oxygens (including phenoxy) is 1. The van der Waals surface area contributed by atoms with Gasteiger partial charge in [0.05, 0.1) is 12.5 Å². The van der Waals surface area contributed by atoms with E-state index in [1.54, 1.807) is 13.0 Å². The number of esters is 1. The zero-order valence-electron chi connectivity index (χ0n) is 10.4. The predicted octanol–water partition coefficient (Wildman–Crippen LogP) is 2.36. The van der Waals surface area contributed by atoms with Gasteiger partial charge in [0.25, 0.3) is 0 Å². The molecule has 0 heterocycles. The van der Waals surface area contributed by atoms with Crippen molar-refractivity contribution < 1.29 is 14.3 Å². The van der Waals surface area contributed by atoms with Gasteiger partial charge in [-0.05, 0) is 31.8 Å². The van der Waals surface area contributed by atoms with Crippen molar-refractivity contribution in [2.24, 2.45) is 17.8 Å². The van der Waals surface area contributed by atoms with Crippen molar-refractivity contribution in [2.45, 2.75) is 34.1 Å². The molecule has 0 aromatic heterocycles. The molecule has 0 radical (unpaired) electrons. The molecule has 2 atom stereocenters. The van der Waals surface area contributed by atoms with E-state index in [0.717, 1.165) is 5.57 Å². The van der Waals surface area contributed by atoms with Crippen LogP contribution in [0.3, 0.4) is 0 Å². The molecule has 1 rings (SSSR count). The molecule has 0 spiro atoms. The predicted molar refractivity (Wildman–Crippen MR) is 61.8 cm³/mol. The van der Waals surface area contributed by atoms with Crippen LogP contribution in [0.1, 0.15) is 34.1 Å². The summed E-state index contributed by atoms with van der Waals surface area (Å²) >= 11 is 0. The van der Waals surface area contributed by atoms with Crippen molar-refractivity contribution in [3.05, 3.63) is 11.6 Å². The Morgan fingerprint density at radius 1 is 1.56 bits per heavy atom. The highest BCUT2D eigenvalue weighted by molar-refractivity contribution is 5.94. The number of allylic oxidation sites excluding steroid dienone is 1. The average Bonchev–Trinajstić information content (AvgIpc) is 2.16. The van der Waals surface area contributed by atoms with Gasteiger partial charge in [0, 0.05) is 6.42 Å². The first-order valence-corrected chi connectivity index (χ1v) is 5.85. The van der Waals surface area contributed by atoms with Crippen LogP contribution in [0, 0.1) is 17.8 Å². The molecule has 0 N–H and O–H groups in total. The Morgan fingerprint density at radius 3 is 2.69 bits per heavy atom. The summed E-state index contributed by atoms with van der Waals surface area (Å²) in [7, 11) is 0. The lowest BCUT2D eigenvalue weighted by Gasteiger charge is -2.31. The number of hydrogen-bond donors (Lipinski definition) is 0. The second kappa shape index (κ2) is 5.28. The molecule has 0 amide bonds. The summed E-state index contributed by atoms with van der Waals surface area (Å²) < 4.78 is 5.08. The molecule has 0 fully saturated rings. The fourth-order valence-corrected chi connectivity index (χ4v) is 2.30. The maximum Gasteiger partial charge on any atom is 0.313 e. The lowest BCUT2D eigenvalue weighted by Crippen LogP contribution is -2.34. The van der Waals surface area contributed by atoms with Gasteiger partial charge in [-0.25, -0.2) is 0 Å². The van der Waals surface area contributed by atoms with E-state index in [9.17, 15) is 9.59 Å². The molecule has 1 aliphatic carbocycles. The molecule has 3 heteroatoms. The minimum Gasteiger partial charge on any atom is -0.466 e. The first-order chi connectivity index (χ1) is 7.47. The number of carbonyl (C=O) groups is 2. The molecule has 0 bridgehead atoms. The summed E-state index contributed by atoms with van der Waals surface area (Å²) in [4.78, 5) is 23.3. The van der Waals surface area contributed by atoms with Crippen LogP contribution in [0.5, 0.6) is 0 Å². The summed E-state index contributed by atoms with van der Waals surface area (Å²) in [6.07, 6.45) is 2.04. The van der Waals surface area contributed by atoms with E-state index in [1.165, 1.54) is 0 Å². The van der Waals surface area contributed by atoms with Crippen molar-refractivity contribution in [1.82, 2.24) is 0 Å². The summed E-state index contributed by atoms with van der Waals surface area (Å²) in [5.74, 6) is 0.0791. The Bertz CT molecular complexity index is 315. The Labute approximate surface area is 96.9 Å². The van der Waals surface area contributed by atoms with E-state index >= 15 is 0 Å². The largest absolute Gasteiger partial charge is 0.466 e. The van der Waals surface area contributed by atoms with Crippen LogP contribution in [0.25, 0.3) is 0 Å². The average molecular weight is 224 g/mol. The molecule has 3 nitrogen and oxygen atoms in total. The Morgan fingerprint density at radius 2 is 2.19 bits per heavy atom. The zero-order valence-corrected chi connectivity index (χ0v) is 10.4. The standard InChI is InChI=1S/C13H20O3/c1-5-16-13(15)12-9(4)6-10(14)7-11(12)8(2)3/h6,8,11-12H,5,7H2,1-4H3/t11-,12-/m0/s1. The molecular weight excluding hydrogens is 204 g/mol. The van der Waals surface area contributed by atoms with Crippen molar-refractivity contribution >= 4 is 11.8 Å². The highest BCUT2D eigenvalue weighted by Gasteiger charge is 2.37. The van der Waals surface area contributed by atoms with Crippen molar-refractivity contribution in [1.29, 1.82) is 0 Å².